The van der Waals surface area contributed by atoms with Gasteiger partial charge < -0.3 is 4.74 Å². The predicted molar refractivity (Wildman–Crippen MR) is 123 cm³/mol. The van der Waals surface area contributed by atoms with E-state index >= 15 is 0 Å². The Morgan fingerprint density at radius 1 is 1.22 bits per heavy atom. The lowest BCUT2D eigenvalue weighted by Gasteiger charge is -2.24. The van der Waals surface area contributed by atoms with Gasteiger partial charge in [-0.2, -0.15) is 5.10 Å². The molecule has 3 aromatic rings. The van der Waals surface area contributed by atoms with Crippen molar-refractivity contribution in [3.63, 3.8) is 0 Å². The van der Waals surface area contributed by atoms with Crippen molar-refractivity contribution < 1.29 is 14.3 Å². The minimum Gasteiger partial charge on any atom is -0.488 e. The number of anilines is 1. The van der Waals surface area contributed by atoms with Gasteiger partial charge in [-0.05, 0) is 56.7 Å². The zero-order valence-corrected chi connectivity index (χ0v) is 19.1. The third-order valence-electron chi connectivity index (χ3n) is 5.10. The first-order chi connectivity index (χ1) is 15.1. The lowest BCUT2D eigenvalue weighted by molar-refractivity contribution is 0.112. The summed E-state index contributed by atoms with van der Waals surface area (Å²) in [5.41, 5.74) is 4.63. The maximum absolute atomic E-state index is 12.2. The first kappa shape index (κ1) is 23.3. The Morgan fingerprint density at radius 3 is 2.53 bits per heavy atom. The van der Waals surface area contributed by atoms with Crippen LogP contribution >= 0.6 is 11.6 Å². The summed E-state index contributed by atoms with van der Waals surface area (Å²) in [5.74, 6) is 12.1. The molecule has 0 radical (unpaired) electrons. The van der Waals surface area contributed by atoms with Gasteiger partial charge in [0.1, 0.15) is 12.4 Å². The Morgan fingerprint density at radius 2 is 1.94 bits per heavy atom. The van der Waals surface area contributed by atoms with Crippen LogP contribution in [-0.2, 0) is 6.61 Å². The quantitative estimate of drug-likeness (QED) is 0.254. The van der Waals surface area contributed by atoms with E-state index in [4.69, 9.17) is 28.0 Å². The second kappa shape index (κ2) is 9.39. The molecular formula is C22H25ClN6O3. The summed E-state index contributed by atoms with van der Waals surface area (Å²) in [4.78, 5) is 23.5. The standard InChI is InChI=1S/C22H25ClN6O3/c1-13-10-16(29-15(3)17(11-30)14(2)26-29)8-9-21(13)32-12-18-19(23)6-5-7-20(18)28(25)22(31)27(4)24/h5-11H,12,24-25H2,1-4H3. The van der Waals surface area contributed by atoms with Crippen LogP contribution in [0.25, 0.3) is 5.69 Å². The Bertz CT molecular complexity index is 1170. The number of urea groups is 1. The molecule has 0 unspecified atom stereocenters. The summed E-state index contributed by atoms with van der Waals surface area (Å²) in [5, 5.41) is 6.66. The van der Waals surface area contributed by atoms with Gasteiger partial charge in [-0.1, -0.05) is 17.7 Å². The first-order valence-corrected chi connectivity index (χ1v) is 10.1. The van der Waals surface area contributed by atoms with Gasteiger partial charge in [-0.15, -0.1) is 0 Å². The molecule has 10 heteroatoms. The molecule has 4 N–H and O–H groups in total. The number of rotatable bonds is 6. The molecule has 2 amide bonds. The van der Waals surface area contributed by atoms with Crippen LogP contribution in [-0.4, -0.2) is 34.2 Å². The van der Waals surface area contributed by atoms with Crippen molar-refractivity contribution in [3.8, 4) is 11.4 Å². The lowest BCUT2D eigenvalue weighted by Crippen LogP contribution is -2.49. The van der Waals surface area contributed by atoms with Gasteiger partial charge >= 0.3 is 6.03 Å². The smallest absolute Gasteiger partial charge is 0.352 e. The Labute approximate surface area is 191 Å². The lowest BCUT2D eigenvalue weighted by atomic mass is 10.1. The number of carbonyl (C=O) groups excluding carboxylic acids is 2. The summed E-state index contributed by atoms with van der Waals surface area (Å²) in [7, 11) is 1.40. The van der Waals surface area contributed by atoms with Crippen molar-refractivity contribution in [1.82, 2.24) is 14.8 Å². The van der Waals surface area contributed by atoms with Gasteiger partial charge in [-0.25, -0.2) is 26.2 Å². The van der Waals surface area contributed by atoms with Crippen molar-refractivity contribution >= 4 is 29.6 Å². The van der Waals surface area contributed by atoms with Crippen molar-refractivity contribution in [2.45, 2.75) is 27.4 Å². The predicted octanol–water partition coefficient (Wildman–Crippen LogP) is 3.45. The van der Waals surface area contributed by atoms with Crippen LogP contribution in [0.2, 0.25) is 5.02 Å². The highest BCUT2D eigenvalue weighted by Crippen LogP contribution is 2.30. The number of hydrogen-bond donors (Lipinski definition) is 2. The molecule has 0 spiro atoms. The van der Waals surface area contributed by atoms with E-state index in [0.29, 0.717) is 33.3 Å². The SMILES string of the molecule is Cc1cc(-n2nc(C)c(C=O)c2C)ccc1OCc1c(Cl)cccc1N(N)C(=O)N(C)N. The summed E-state index contributed by atoms with van der Waals surface area (Å²) in [6, 6.07) is 10.0. The number of carbonyl (C=O) groups is 2. The van der Waals surface area contributed by atoms with E-state index in [1.54, 1.807) is 29.8 Å². The van der Waals surface area contributed by atoms with Crippen molar-refractivity contribution in [2.24, 2.45) is 11.7 Å². The number of halogens is 1. The summed E-state index contributed by atoms with van der Waals surface area (Å²) in [6.07, 6.45) is 0.813. The molecule has 168 valence electrons. The Kier molecular flexibility index (Phi) is 6.83. The summed E-state index contributed by atoms with van der Waals surface area (Å²) >= 11 is 6.36. The van der Waals surface area contributed by atoms with E-state index in [2.05, 4.69) is 5.10 Å². The summed E-state index contributed by atoms with van der Waals surface area (Å²) in [6.45, 7) is 5.63. The number of benzene rings is 2. The van der Waals surface area contributed by atoms with E-state index in [1.807, 2.05) is 32.0 Å². The number of nitrogens with two attached hydrogens (primary N) is 2. The number of aryl methyl sites for hydroxylation is 2. The normalized spacial score (nSPS) is 10.7. The van der Waals surface area contributed by atoms with Gasteiger partial charge in [0, 0.05) is 17.6 Å². The molecule has 3 rings (SSSR count). The molecular weight excluding hydrogens is 432 g/mol. The van der Waals surface area contributed by atoms with Gasteiger partial charge in [0.05, 0.1) is 28.3 Å². The fourth-order valence-corrected chi connectivity index (χ4v) is 3.57. The largest absolute Gasteiger partial charge is 0.488 e. The second-order valence-electron chi connectivity index (χ2n) is 7.35. The highest BCUT2D eigenvalue weighted by atomic mass is 35.5. The monoisotopic (exact) mass is 456 g/mol. The second-order valence-corrected chi connectivity index (χ2v) is 7.76. The van der Waals surface area contributed by atoms with Crippen LogP contribution in [0.4, 0.5) is 10.5 Å². The highest BCUT2D eigenvalue weighted by Gasteiger charge is 2.20. The molecule has 0 aliphatic heterocycles. The van der Waals surface area contributed by atoms with Crippen molar-refractivity contribution in [2.75, 3.05) is 12.1 Å². The van der Waals surface area contributed by atoms with E-state index in [1.165, 1.54) is 7.05 Å². The minimum absolute atomic E-state index is 0.0830. The van der Waals surface area contributed by atoms with Gasteiger partial charge in [0.2, 0.25) is 0 Å². The van der Waals surface area contributed by atoms with Gasteiger partial charge in [0.25, 0.3) is 0 Å². The van der Waals surface area contributed by atoms with Crippen LogP contribution in [0.15, 0.2) is 36.4 Å². The van der Waals surface area contributed by atoms with Gasteiger partial charge in [-0.3, -0.25) is 9.80 Å². The third-order valence-corrected chi connectivity index (χ3v) is 5.46. The summed E-state index contributed by atoms with van der Waals surface area (Å²) < 4.78 is 7.72. The van der Waals surface area contributed by atoms with Crippen LogP contribution in [0.1, 0.15) is 32.9 Å². The van der Waals surface area contributed by atoms with Gasteiger partial charge in [0.15, 0.2) is 6.29 Å². The number of hydrazine groups is 2. The molecule has 0 bridgehead atoms. The minimum atomic E-state index is -0.603. The molecule has 32 heavy (non-hydrogen) atoms. The highest BCUT2D eigenvalue weighted by molar-refractivity contribution is 6.31. The average molecular weight is 457 g/mol. The Balaban J connectivity index is 1.86. The molecule has 1 aromatic heterocycles. The van der Waals surface area contributed by atoms with Crippen LogP contribution in [0.5, 0.6) is 5.75 Å². The van der Waals surface area contributed by atoms with Crippen molar-refractivity contribution in [3.05, 3.63) is 69.5 Å². The Hall–Kier alpha value is -3.40. The molecule has 1 heterocycles. The third kappa shape index (κ3) is 4.45. The van der Waals surface area contributed by atoms with Crippen LogP contribution < -0.4 is 21.4 Å². The molecule has 0 fully saturated rings. The van der Waals surface area contributed by atoms with E-state index in [0.717, 1.165) is 33.2 Å². The molecule has 0 aliphatic rings. The number of hydrogen-bond acceptors (Lipinski definition) is 6. The average Bonchev–Trinajstić information content (AvgIpc) is 3.05. The van der Waals surface area contributed by atoms with Crippen molar-refractivity contribution in [1.29, 1.82) is 0 Å². The number of nitrogens with zero attached hydrogens (tertiary/aromatic N) is 4. The number of aromatic nitrogens is 2. The van der Waals surface area contributed by atoms with E-state index in [9.17, 15) is 9.59 Å². The zero-order chi connectivity index (χ0) is 23.6. The van der Waals surface area contributed by atoms with E-state index < -0.39 is 6.03 Å². The molecule has 2 aromatic carbocycles. The number of ether oxygens (including phenoxy) is 1. The molecule has 0 atom stereocenters. The van der Waals surface area contributed by atoms with Crippen LogP contribution in [0, 0.1) is 20.8 Å². The number of aldehydes is 1. The molecule has 0 saturated heterocycles. The first-order valence-electron chi connectivity index (χ1n) is 9.75. The van der Waals surface area contributed by atoms with E-state index in [-0.39, 0.29) is 6.61 Å². The number of amides is 2. The zero-order valence-electron chi connectivity index (χ0n) is 18.3. The molecule has 0 saturated carbocycles. The molecule has 9 nitrogen and oxygen atoms in total. The van der Waals surface area contributed by atoms with Crippen LogP contribution in [0.3, 0.4) is 0 Å². The maximum Gasteiger partial charge on any atom is 0.352 e. The fraction of sp³-hybridized carbons (Fsp3) is 0.227. The maximum atomic E-state index is 12.2. The fourth-order valence-electron chi connectivity index (χ4n) is 3.34. The topological polar surface area (TPSA) is 120 Å². The molecule has 0 aliphatic carbocycles.